The van der Waals surface area contributed by atoms with Crippen LogP contribution in [-0.4, -0.2) is 32.7 Å². The molecule has 0 spiro atoms. The molecule has 25 heavy (non-hydrogen) atoms. The molecule has 0 aliphatic rings. The normalized spacial score (nSPS) is 11.1. The Hall–Kier alpha value is -3.41. The molecular weight excluding hydrogens is 316 g/mol. The highest BCUT2D eigenvalue weighted by Gasteiger charge is 2.13. The predicted molar refractivity (Wildman–Crippen MR) is 98.0 cm³/mol. The lowest BCUT2D eigenvalue weighted by Gasteiger charge is -2.09. The molecule has 4 rings (SSSR count). The molecular formula is C19H16N4O2. The number of carbonyl (C=O) groups is 1. The average molecular weight is 332 g/mol. The number of aromatic nitrogens is 3. The van der Waals surface area contributed by atoms with Crippen LogP contribution in [0.25, 0.3) is 33.1 Å². The number of hydrogen-bond acceptors (Lipinski definition) is 4. The van der Waals surface area contributed by atoms with Crippen LogP contribution < -0.4 is 5.32 Å². The number of hydrogen-bond donors (Lipinski definition) is 2. The Balaban J connectivity index is 1.92. The molecule has 0 aliphatic heterocycles. The minimum Gasteiger partial charge on any atom is -0.477 e. The minimum atomic E-state index is -0.936. The number of nitrogens with one attached hydrogen (secondary N) is 1. The smallest absolute Gasteiger partial charge is 0.352 e. The standard InChI is InChI=1S/C19H16N4O2/c1-20-16-9-15(22-14-5-6-21-10-13(14)16)11-3-4-17-12(7-11)8-18(19(24)25)23(17)2/h3-10H,1-2H3,(H,20,22)(H,24,25). The fraction of sp³-hybridized carbons (Fsp3) is 0.105. The van der Waals surface area contributed by atoms with Crippen molar-refractivity contribution in [1.29, 1.82) is 0 Å². The monoisotopic (exact) mass is 332 g/mol. The Labute approximate surface area is 143 Å². The van der Waals surface area contributed by atoms with Gasteiger partial charge >= 0.3 is 5.97 Å². The summed E-state index contributed by atoms with van der Waals surface area (Å²) in [5.74, 6) is -0.936. The maximum Gasteiger partial charge on any atom is 0.352 e. The van der Waals surface area contributed by atoms with Crippen molar-refractivity contribution in [2.45, 2.75) is 0 Å². The van der Waals surface area contributed by atoms with Crippen LogP contribution in [0, 0.1) is 0 Å². The first kappa shape index (κ1) is 15.1. The number of fused-ring (bicyclic) bond motifs is 2. The van der Waals surface area contributed by atoms with Gasteiger partial charge in [0.25, 0.3) is 0 Å². The van der Waals surface area contributed by atoms with Gasteiger partial charge < -0.3 is 15.0 Å². The highest BCUT2D eigenvalue weighted by Crippen LogP contribution is 2.30. The second kappa shape index (κ2) is 5.59. The van der Waals surface area contributed by atoms with Crippen LogP contribution in [0.3, 0.4) is 0 Å². The molecule has 6 nitrogen and oxygen atoms in total. The van der Waals surface area contributed by atoms with Gasteiger partial charge in [0.05, 0.1) is 11.2 Å². The number of aryl methyl sites for hydroxylation is 1. The number of pyridine rings is 2. The Bertz CT molecular complexity index is 1130. The van der Waals surface area contributed by atoms with Crippen LogP contribution >= 0.6 is 0 Å². The molecule has 1 aromatic carbocycles. The van der Waals surface area contributed by atoms with Gasteiger partial charge in [0.15, 0.2) is 0 Å². The maximum absolute atomic E-state index is 11.3. The molecule has 0 atom stereocenters. The van der Waals surface area contributed by atoms with Crippen LogP contribution in [0.5, 0.6) is 0 Å². The minimum absolute atomic E-state index is 0.264. The summed E-state index contributed by atoms with van der Waals surface area (Å²) in [5, 5.41) is 14.3. The van der Waals surface area contributed by atoms with Crippen molar-refractivity contribution < 1.29 is 9.90 Å². The molecule has 3 heterocycles. The first-order chi connectivity index (χ1) is 12.1. The van der Waals surface area contributed by atoms with Gasteiger partial charge in [-0.25, -0.2) is 9.78 Å². The molecule has 0 aliphatic carbocycles. The molecule has 0 saturated heterocycles. The Morgan fingerprint density at radius 2 is 2.04 bits per heavy atom. The van der Waals surface area contributed by atoms with Crippen molar-refractivity contribution in [3.8, 4) is 11.3 Å². The second-order valence-electron chi connectivity index (χ2n) is 5.87. The second-order valence-corrected chi connectivity index (χ2v) is 5.87. The van der Waals surface area contributed by atoms with Crippen molar-refractivity contribution in [2.24, 2.45) is 7.05 Å². The van der Waals surface area contributed by atoms with Crippen molar-refractivity contribution in [3.05, 3.63) is 54.5 Å². The summed E-state index contributed by atoms with van der Waals surface area (Å²) in [7, 11) is 3.62. The first-order valence-electron chi connectivity index (χ1n) is 7.84. The number of carboxylic acids is 1. The number of anilines is 1. The zero-order chi connectivity index (χ0) is 17.6. The zero-order valence-corrected chi connectivity index (χ0v) is 13.8. The number of nitrogens with zero attached hydrogens (tertiary/aromatic N) is 3. The number of aromatic carboxylic acids is 1. The third-order valence-corrected chi connectivity index (χ3v) is 4.44. The van der Waals surface area contributed by atoms with E-state index in [4.69, 9.17) is 4.98 Å². The third kappa shape index (κ3) is 2.39. The SMILES string of the molecule is CNc1cc(-c2ccc3c(c2)cc(C(=O)O)n3C)nc2ccncc12. The fourth-order valence-electron chi connectivity index (χ4n) is 3.14. The molecule has 0 radical (unpaired) electrons. The van der Waals surface area contributed by atoms with Gasteiger partial charge in [-0.05, 0) is 30.3 Å². The van der Waals surface area contributed by atoms with E-state index >= 15 is 0 Å². The number of carboxylic acid groups (broad SMARTS) is 1. The highest BCUT2D eigenvalue weighted by molar-refractivity contribution is 5.97. The third-order valence-electron chi connectivity index (χ3n) is 4.44. The summed E-state index contributed by atoms with van der Waals surface area (Å²) in [6.07, 6.45) is 3.51. The van der Waals surface area contributed by atoms with Gasteiger partial charge in [-0.1, -0.05) is 6.07 Å². The zero-order valence-electron chi connectivity index (χ0n) is 13.8. The van der Waals surface area contributed by atoms with E-state index in [0.29, 0.717) is 0 Å². The van der Waals surface area contributed by atoms with Crippen LogP contribution in [0.1, 0.15) is 10.5 Å². The molecule has 0 amide bonds. The van der Waals surface area contributed by atoms with Gasteiger partial charge in [0.2, 0.25) is 0 Å². The molecule has 0 saturated carbocycles. The van der Waals surface area contributed by atoms with E-state index in [9.17, 15) is 9.90 Å². The summed E-state index contributed by atoms with van der Waals surface area (Å²) >= 11 is 0. The summed E-state index contributed by atoms with van der Waals surface area (Å²) in [6.45, 7) is 0. The molecule has 124 valence electrons. The lowest BCUT2D eigenvalue weighted by molar-refractivity contribution is 0.0687. The molecule has 4 aromatic rings. The van der Waals surface area contributed by atoms with Crippen LogP contribution in [0.15, 0.2) is 48.8 Å². The highest BCUT2D eigenvalue weighted by atomic mass is 16.4. The molecule has 0 unspecified atom stereocenters. The summed E-state index contributed by atoms with van der Waals surface area (Å²) < 4.78 is 1.68. The lowest BCUT2D eigenvalue weighted by Crippen LogP contribution is -2.03. The van der Waals surface area contributed by atoms with E-state index in [2.05, 4.69) is 10.3 Å². The topological polar surface area (TPSA) is 80.0 Å². The lowest BCUT2D eigenvalue weighted by atomic mass is 10.1. The van der Waals surface area contributed by atoms with Gasteiger partial charge in [-0.2, -0.15) is 0 Å². The molecule has 2 N–H and O–H groups in total. The van der Waals surface area contributed by atoms with Crippen molar-refractivity contribution in [2.75, 3.05) is 12.4 Å². The first-order valence-corrected chi connectivity index (χ1v) is 7.84. The van der Waals surface area contributed by atoms with E-state index in [-0.39, 0.29) is 5.69 Å². The van der Waals surface area contributed by atoms with Crippen molar-refractivity contribution in [3.63, 3.8) is 0 Å². The van der Waals surface area contributed by atoms with E-state index in [1.165, 1.54) is 0 Å². The summed E-state index contributed by atoms with van der Waals surface area (Å²) in [6, 6.07) is 11.4. The quantitative estimate of drug-likeness (QED) is 0.600. The molecule has 6 heteroatoms. The van der Waals surface area contributed by atoms with E-state index in [1.807, 2.05) is 37.4 Å². The van der Waals surface area contributed by atoms with Gasteiger partial charge in [0.1, 0.15) is 5.69 Å². The average Bonchev–Trinajstić information content (AvgIpc) is 2.97. The summed E-state index contributed by atoms with van der Waals surface area (Å²) in [5.41, 5.74) is 4.71. The fourth-order valence-corrected chi connectivity index (χ4v) is 3.14. The van der Waals surface area contributed by atoms with Crippen molar-refractivity contribution in [1.82, 2.24) is 14.5 Å². The van der Waals surface area contributed by atoms with Gasteiger partial charge in [0, 0.05) is 54.0 Å². The van der Waals surface area contributed by atoms with E-state index in [0.717, 1.165) is 38.8 Å². The molecule has 3 aromatic heterocycles. The summed E-state index contributed by atoms with van der Waals surface area (Å²) in [4.78, 5) is 20.2. The van der Waals surface area contributed by atoms with Gasteiger partial charge in [-0.3, -0.25) is 4.98 Å². The number of rotatable bonds is 3. The Morgan fingerprint density at radius 3 is 2.80 bits per heavy atom. The predicted octanol–water partition coefficient (Wildman–Crippen LogP) is 3.53. The Kier molecular flexibility index (Phi) is 3.39. The molecule has 0 fully saturated rings. The Morgan fingerprint density at radius 1 is 1.20 bits per heavy atom. The van der Waals surface area contributed by atoms with Crippen LogP contribution in [-0.2, 0) is 7.05 Å². The largest absolute Gasteiger partial charge is 0.477 e. The van der Waals surface area contributed by atoms with Crippen LogP contribution in [0.4, 0.5) is 5.69 Å². The number of benzene rings is 1. The maximum atomic E-state index is 11.3. The van der Waals surface area contributed by atoms with E-state index in [1.54, 1.807) is 30.1 Å². The van der Waals surface area contributed by atoms with E-state index < -0.39 is 5.97 Å². The van der Waals surface area contributed by atoms with Gasteiger partial charge in [-0.15, -0.1) is 0 Å². The van der Waals surface area contributed by atoms with Crippen molar-refractivity contribution >= 4 is 33.5 Å². The van der Waals surface area contributed by atoms with Crippen LogP contribution in [0.2, 0.25) is 0 Å². The molecule has 0 bridgehead atoms.